The van der Waals surface area contributed by atoms with Crippen LogP contribution in [0.5, 0.6) is 0 Å². The number of amides is 1. The Labute approximate surface area is 158 Å². The first kappa shape index (κ1) is 22.9. The summed E-state index contributed by atoms with van der Waals surface area (Å²) < 4.78 is 5.52. The molecular weight excluding hydrogens is 330 g/mol. The number of primary amides is 1. The number of allylic oxidation sites excluding steroid dienone is 2. The topological polar surface area (TPSA) is 92.8 Å². The van der Waals surface area contributed by atoms with Crippen molar-refractivity contribution in [2.75, 3.05) is 7.11 Å². The van der Waals surface area contributed by atoms with Crippen molar-refractivity contribution < 1.29 is 19.7 Å². The van der Waals surface area contributed by atoms with Gasteiger partial charge in [-0.05, 0) is 31.6 Å². The Morgan fingerprint density at radius 1 is 1.23 bits per heavy atom. The molecule has 0 aromatic rings. The largest absolute Gasteiger partial charge is 0.393 e. The van der Waals surface area contributed by atoms with Crippen LogP contribution in [0.3, 0.4) is 0 Å². The maximum absolute atomic E-state index is 10.7. The number of aliphatic hydroxyl groups excluding tert-OH is 2. The SMILES string of the molecule is CCCCC[C@H](/C=C/[C@@H]1[C@@H](C/C=C/CCCC(N)=O)[C@@H](O)C[C@H]1O)OC. The Morgan fingerprint density at radius 2 is 2.00 bits per heavy atom. The molecule has 150 valence electrons. The number of hydrogen-bond donors (Lipinski definition) is 3. The quantitative estimate of drug-likeness (QED) is 0.344. The van der Waals surface area contributed by atoms with E-state index in [1.807, 2.05) is 24.3 Å². The molecule has 26 heavy (non-hydrogen) atoms. The third kappa shape index (κ3) is 8.47. The lowest BCUT2D eigenvalue weighted by Gasteiger charge is -2.20. The van der Waals surface area contributed by atoms with E-state index >= 15 is 0 Å². The summed E-state index contributed by atoms with van der Waals surface area (Å²) in [7, 11) is 1.72. The van der Waals surface area contributed by atoms with Crippen LogP contribution >= 0.6 is 0 Å². The molecule has 0 unspecified atom stereocenters. The number of ether oxygens (including phenoxy) is 1. The monoisotopic (exact) mass is 367 g/mol. The van der Waals surface area contributed by atoms with Crippen molar-refractivity contribution in [2.24, 2.45) is 17.6 Å². The average Bonchev–Trinajstić information content (AvgIpc) is 2.87. The van der Waals surface area contributed by atoms with Gasteiger partial charge in [0.25, 0.3) is 0 Å². The van der Waals surface area contributed by atoms with Gasteiger partial charge in [-0.3, -0.25) is 4.79 Å². The van der Waals surface area contributed by atoms with Crippen molar-refractivity contribution in [1.82, 2.24) is 0 Å². The van der Waals surface area contributed by atoms with E-state index in [0.29, 0.717) is 12.8 Å². The van der Waals surface area contributed by atoms with Gasteiger partial charge in [0.05, 0.1) is 18.3 Å². The molecule has 1 aliphatic carbocycles. The van der Waals surface area contributed by atoms with Crippen LogP contribution in [0, 0.1) is 11.8 Å². The Kier molecular flexibility index (Phi) is 11.5. The number of carbonyl (C=O) groups is 1. The minimum atomic E-state index is -0.511. The zero-order chi connectivity index (χ0) is 19.4. The number of hydrogen-bond acceptors (Lipinski definition) is 4. The van der Waals surface area contributed by atoms with Gasteiger partial charge in [-0.1, -0.05) is 50.5 Å². The van der Waals surface area contributed by atoms with Crippen LogP contribution in [0.4, 0.5) is 0 Å². The fourth-order valence-electron chi connectivity index (χ4n) is 3.61. The number of methoxy groups -OCH3 is 1. The zero-order valence-corrected chi connectivity index (χ0v) is 16.3. The summed E-state index contributed by atoms with van der Waals surface area (Å²) in [6.45, 7) is 2.18. The molecule has 0 heterocycles. The second-order valence-electron chi connectivity index (χ2n) is 7.33. The minimum absolute atomic E-state index is 0.0155. The summed E-state index contributed by atoms with van der Waals surface area (Å²) in [6.07, 6.45) is 14.8. The predicted molar refractivity (Wildman–Crippen MR) is 104 cm³/mol. The Balaban J connectivity index is 2.53. The van der Waals surface area contributed by atoms with E-state index in [4.69, 9.17) is 10.5 Å². The number of rotatable bonds is 13. The second kappa shape index (κ2) is 13.1. The molecule has 1 amide bonds. The van der Waals surface area contributed by atoms with E-state index in [9.17, 15) is 15.0 Å². The molecule has 0 bridgehead atoms. The lowest BCUT2D eigenvalue weighted by Crippen LogP contribution is -2.20. The number of aliphatic hydroxyl groups is 2. The van der Waals surface area contributed by atoms with E-state index in [-0.39, 0.29) is 23.8 Å². The van der Waals surface area contributed by atoms with Gasteiger partial charge in [-0.2, -0.15) is 0 Å². The van der Waals surface area contributed by atoms with Crippen LogP contribution in [0.15, 0.2) is 24.3 Å². The minimum Gasteiger partial charge on any atom is -0.393 e. The smallest absolute Gasteiger partial charge is 0.217 e. The van der Waals surface area contributed by atoms with E-state index in [0.717, 1.165) is 32.1 Å². The van der Waals surface area contributed by atoms with E-state index in [1.54, 1.807) is 7.11 Å². The molecule has 1 saturated carbocycles. The highest BCUT2D eigenvalue weighted by Gasteiger charge is 2.39. The van der Waals surface area contributed by atoms with E-state index in [2.05, 4.69) is 6.92 Å². The summed E-state index contributed by atoms with van der Waals surface area (Å²) >= 11 is 0. The van der Waals surface area contributed by atoms with Crippen molar-refractivity contribution in [1.29, 1.82) is 0 Å². The van der Waals surface area contributed by atoms with Crippen LogP contribution in [-0.4, -0.2) is 41.5 Å². The highest BCUT2D eigenvalue weighted by atomic mass is 16.5. The third-order valence-corrected chi connectivity index (χ3v) is 5.23. The lowest BCUT2D eigenvalue weighted by atomic mass is 9.89. The summed E-state index contributed by atoms with van der Waals surface area (Å²) in [6, 6.07) is 0. The first-order valence-corrected chi connectivity index (χ1v) is 10.00. The van der Waals surface area contributed by atoms with Crippen molar-refractivity contribution in [3.8, 4) is 0 Å². The first-order valence-electron chi connectivity index (χ1n) is 10.00. The van der Waals surface area contributed by atoms with E-state index < -0.39 is 12.2 Å². The molecule has 1 rings (SSSR count). The van der Waals surface area contributed by atoms with Crippen molar-refractivity contribution in [3.63, 3.8) is 0 Å². The molecule has 1 fully saturated rings. The van der Waals surface area contributed by atoms with Crippen LogP contribution in [0.1, 0.15) is 64.7 Å². The van der Waals surface area contributed by atoms with Gasteiger partial charge >= 0.3 is 0 Å². The van der Waals surface area contributed by atoms with Gasteiger partial charge in [0.2, 0.25) is 5.91 Å². The first-order chi connectivity index (χ1) is 12.5. The molecule has 5 atom stereocenters. The molecule has 0 aliphatic heterocycles. The predicted octanol–water partition coefficient (Wildman–Crippen LogP) is 3.10. The molecule has 0 radical (unpaired) electrons. The number of nitrogens with two attached hydrogens (primary N) is 1. The molecule has 4 N–H and O–H groups in total. The van der Waals surface area contributed by atoms with E-state index in [1.165, 1.54) is 12.8 Å². The van der Waals surface area contributed by atoms with Gasteiger partial charge < -0.3 is 20.7 Å². The fraction of sp³-hybridized carbons (Fsp3) is 0.762. The normalized spacial score (nSPS) is 27.5. The van der Waals surface area contributed by atoms with Gasteiger partial charge in [0.1, 0.15) is 0 Å². The number of unbranched alkanes of at least 4 members (excludes halogenated alkanes) is 3. The van der Waals surface area contributed by atoms with Gasteiger partial charge in [-0.25, -0.2) is 0 Å². The summed E-state index contributed by atoms with van der Waals surface area (Å²) in [5, 5.41) is 20.6. The molecule has 0 saturated heterocycles. The molecule has 0 aromatic carbocycles. The number of carbonyl (C=O) groups excluding carboxylic acids is 1. The third-order valence-electron chi connectivity index (χ3n) is 5.23. The van der Waals surface area contributed by atoms with Gasteiger partial charge in [0, 0.05) is 25.9 Å². The molecule has 0 spiro atoms. The van der Waals surface area contributed by atoms with Crippen LogP contribution in [0.25, 0.3) is 0 Å². The highest BCUT2D eigenvalue weighted by Crippen LogP contribution is 2.36. The Bertz CT molecular complexity index is 449. The fourth-order valence-corrected chi connectivity index (χ4v) is 3.61. The molecule has 5 nitrogen and oxygen atoms in total. The maximum Gasteiger partial charge on any atom is 0.217 e. The molecule has 5 heteroatoms. The molecular formula is C21H37NO4. The lowest BCUT2D eigenvalue weighted by molar-refractivity contribution is -0.118. The molecule has 1 aliphatic rings. The Hall–Kier alpha value is -1.17. The van der Waals surface area contributed by atoms with Crippen molar-refractivity contribution >= 4 is 5.91 Å². The van der Waals surface area contributed by atoms with Crippen molar-refractivity contribution in [3.05, 3.63) is 24.3 Å². The summed E-state index contributed by atoms with van der Waals surface area (Å²) in [4.78, 5) is 10.7. The maximum atomic E-state index is 10.7. The van der Waals surface area contributed by atoms with Crippen LogP contribution in [-0.2, 0) is 9.53 Å². The highest BCUT2D eigenvalue weighted by molar-refractivity contribution is 5.73. The average molecular weight is 368 g/mol. The second-order valence-corrected chi connectivity index (χ2v) is 7.33. The van der Waals surface area contributed by atoms with Gasteiger partial charge in [0.15, 0.2) is 0 Å². The molecule has 0 aromatic heterocycles. The van der Waals surface area contributed by atoms with Crippen molar-refractivity contribution in [2.45, 2.75) is 83.0 Å². The summed E-state index contributed by atoms with van der Waals surface area (Å²) in [5.41, 5.74) is 5.12. The van der Waals surface area contributed by atoms with Crippen LogP contribution in [0.2, 0.25) is 0 Å². The standard InChI is InChI=1S/C21H37NO4/c1-3-4-7-10-16(26-2)13-14-18-17(19(23)15-20(18)24)11-8-5-6-9-12-21(22)25/h5,8,13-14,16-20,23-24H,3-4,6-7,9-12,15H2,1-2H3,(H2,22,25)/b8-5+,14-13+/t16-,17-,18-,19+,20-/m1/s1. The zero-order valence-electron chi connectivity index (χ0n) is 16.3. The van der Waals surface area contributed by atoms with Gasteiger partial charge in [-0.15, -0.1) is 0 Å². The van der Waals surface area contributed by atoms with Crippen LogP contribution < -0.4 is 5.73 Å². The summed E-state index contributed by atoms with van der Waals surface area (Å²) in [5.74, 6) is -0.310. The Morgan fingerprint density at radius 3 is 2.65 bits per heavy atom.